The molecular formula is C15H18N2O2S. The summed E-state index contributed by atoms with van der Waals surface area (Å²) in [6.07, 6.45) is -0.486. The number of thiazole rings is 1. The first-order chi connectivity index (χ1) is 9.35. The summed E-state index contributed by atoms with van der Waals surface area (Å²) in [4.78, 5) is 17.2. The van der Waals surface area contributed by atoms with Crippen LogP contribution in [0, 0.1) is 6.92 Å². The molecule has 2 aromatic rings. The van der Waals surface area contributed by atoms with Crippen molar-refractivity contribution >= 4 is 23.2 Å². The quantitative estimate of drug-likeness (QED) is 0.888. The smallest absolute Gasteiger partial charge is 0.413 e. The molecule has 4 nitrogen and oxygen atoms in total. The fourth-order valence-electron chi connectivity index (χ4n) is 1.70. The Bertz CT molecular complexity index is 600. The molecule has 1 heterocycles. The molecule has 1 N–H and O–H groups in total. The van der Waals surface area contributed by atoms with Gasteiger partial charge in [-0.25, -0.2) is 9.78 Å². The van der Waals surface area contributed by atoms with E-state index in [4.69, 9.17) is 4.74 Å². The standard InChI is InChI=1S/C15H18N2O2S/c1-10-16-13(17-14(18)19-15(2,3)4)12(20-10)11-8-6-5-7-9-11/h5-9H,1-4H3,(H,17,18). The predicted molar refractivity (Wildman–Crippen MR) is 82.1 cm³/mol. The summed E-state index contributed by atoms with van der Waals surface area (Å²) in [5.41, 5.74) is 0.506. The van der Waals surface area contributed by atoms with Gasteiger partial charge in [0.1, 0.15) is 5.60 Å². The number of aryl methyl sites for hydroxylation is 1. The van der Waals surface area contributed by atoms with Gasteiger partial charge in [-0.15, -0.1) is 11.3 Å². The summed E-state index contributed by atoms with van der Waals surface area (Å²) in [6, 6.07) is 9.86. The molecule has 0 saturated carbocycles. The zero-order chi connectivity index (χ0) is 14.8. The molecule has 0 saturated heterocycles. The van der Waals surface area contributed by atoms with Crippen LogP contribution in [0.1, 0.15) is 25.8 Å². The number of benzene rings is 1. The van der Waals surface area contributed by atoms with Crippen LogP contribution in [0.3, 0.4) is 0 Å². The van der Waals surface area contributed by atoms with Crippen molar-refractivity contribution < 1.29 is 9.53 Å². The van der Waals surface area contributed by atoms with Gasteiger partial charge in [-0.3, -0.25) is 5.32 Å². The fraction of sp³-hybridized carbons (Fsp3) is 0.333. The molecule has 0 spiro atoms. The Morgan fingerprint density at radius 3 is 2.50 bits per heavy atom. The van der Waals surface area contributed by atoms with Gasteiger partial charge in [-0.05, 0) is 33.3 Å². The minimum atomic E-state index is -0.526. The molecule has 1 aromatic heterocycles. The van der Waals surface area contributed by atoms with Crippen LogP contribution in [0.25, 0.3) is 10.4 Å². The van der Waals surface area contributed by atoms with Crippen molar-refractivity contribution in [1.82, 2.24) is 4.98 Å². The normalized spacial score (nSPS) is 11.2. The number of ether oxygens (including phenoxy) is 1. The third-order valence-electron chi connectivity index (χ3n) is 2.39. The van der Waals surface area contributed by atoms with Gasteiger partial charge in [0.15, 0.2) is 5.82 Å². The summed E-state index contributed by atoms with van der Waals surface area (Å²) in [5.74, 6) is 0.549. The van der Waals surface area contributed by atoms with Gasteiger partial charge >= 0.3 is 6.09 Å². The highest BCUT2D eigenvalue weighted by Crippen LogP contribution is 2.33. The summed E-state index contributed by atoms with van der Waals surface area (Å²) in [7, 11) is 0. The van der Waals surface area contributed by atoms with E-state index in [1.807, 2.05) is 58.0 Å². The molecule has 2 rings (SSSR count). The molecule has 1 amide bonds. The predicted octanol–water partition coefficient (Wildman–Crippen LogP) is 4.47. The number of carbonyl (C=O) groups excluding carboxylic acids is 1. The Balaban J connectivity index is 2.23. The Labute approximate surface area is 122 Å². The fourth-order valence-corrected chi connectivity index (χ4v) is 2.58. The molecule has 0 radical (unpaired) electrons. The van der Waals surface area contributed by atoms with Crippen molar-refractivity contribution in [3.8, 4) is 10.4 Å². The number of aromatic nitrogens is 1. The molecule has 0 atom stereocenters. The van der Waals surface area contributed by atoms with Gasteiger partial charge in [-0.1, -0.05) is 30.3 Å². The van der Waals surface area contributed by atoms with E-state index in [0.717, 1.165) is 15.4 Å². The molecule has 0 bridgehead atoms. The highest BCUT2D eigenvalue weighted by molar-refractivity contribution is 7.15. The van der Waals surface area contributed by atoms with Gasteiger partial charge in [0.05, 0.1) is 9.88 Å². The van der Waals surface area contributed by atoms with Crippen LogP contribution in [-0.2, 0) is 4.74 Å². The molecule has 20 heavy (non-hydrogen) atoms. The average Bonchev–Trinajstić information content (AvgIpc) is 2.68. The second kappa shape index (κ2) is 5.63. The number of amides is 1. The SMILES string of the molecule is Cc1nc(NC(=O)OC(C)(C)C)c(-c2ccccc2)s1. The number of nitrogens with one attached hydrogen (secondary N) is 1. The topological polar surface area (TPSA) is 51.2 Å². The first-order valence-corrected chi connectivity index (χ1v) is 7.20. The van der Waals surface area contributed by atoms with Crippen molar-refractivity contribution in [2.45, 2.75) is 33.3 Å². The molecule has 0 fully saturated rings. The third kappa shape index (κ3) is 3.81. The maximum Gasteiger partial charge on any atom is 0.413 e. The average molecular weight is 290 g/mol. The number of hydrogen-bond donors (Lipinski definition) is 1. The van der Waals surface area contributed by atoms with Gasteiger partial charge < -0.3 is 4.74 Å². The van der Waals surface area contributed by atoms with E-state index in [1.165, 1.54) is 0 Å². The van der Waals surface area contributed by atoms with Crippen LogP contribution >= 0.6 is 11.3 Å². The lowest BCUT2D eigenvalue weighted by Gasteiger charge is -2.19. The highest BCUT2D eigenvalue weighted by atomic mass is 32.1. The van der Waals surface area contributed by atoms with Crippen molar-refractivity contribution in [3.63, 3.8) is 0 Å². The summed E-state index contributed by atoms with van der Waals surface area (Å²) >= 11 is 1.55. The molecule has 0 aliphatic heterocycles. The van der Waals surface area contributed by atoms with E-state index >= 15 is 0 Å². The molecule has 1 aromatic carbocycles. The summed E-state index contributed by atoms with van der Waals surface area (Å²) in [6.45, 7) is 7.41. The molecule has 106 valence electrons. The lowest BCUT2D eigenvalue weighted by atomic mass is 10.2. The van der Waals surface area contributed by atoms with Crippen LogP contribution in [0.4, 0.5) is 10.6 Å². The number of rotatable bonds is 2. The molecule has 0 aliphatic rings. The van der Waals surface area contributed by atoms with Crippen LogP contribution in [0.15, 0.2) is 30.3 Å². The first kappa shape index (κ1) is 14.5. The van der Waals surface area contributed by atoms with E-state index in [-0.39, 0.29) is 0 Å². The van der Waals surface area contributed by atoms with E-state index < -0.39 is 11.7 Å². The minimum absolute atomic E-state index is 0.486. The third-order valence-corrected chi connectivity index (χ3v) is 3.41. The van der Waals surface area contributed by atoms with Crippen LogP contribution in [-0.4, -0.2) is 16.7 Å². The van der Waals surface area contributed by atoms with E-state index in [0.29, 0.717) is 5.82 Å². The van der Waals surface area contributed by atoms with Gasteiger partial charge in [0.2, 0.25) is 0 Å². The van der Waals surface area contributed by atoms with Gasteiger partial charge in [-0.2, -0.15) is 0 Å². The lowest BCUT2D eigenvalue weighted by Crippen LogP contribution is -2.27. The number of anilines is 1. The lowest BCUT2D eigenvalue weighted by molar-refractivity contribution is 0.0635. The Morgan fingerprint density at radius 1 is 1.25 bits per heavy atom. The monoisotopic (exact) mass is 290 g/mol. The maximum absolute atomic E-state index is 11.9. The van der Waals surface area contributed by atoms with Crippen molar-refractivity contribution in [2.24, 2.45) is 0 Å². The van der Waals surface area contributed by atoms with Gasteiger partial charge in [0, 0.05) is 0 Å². The Kier molecular flexibility index (Phi) is 4.09. The second-order valence-electron chi connectivity index (χ2n) is 5.40. The largest absolute Gasteiger partial charge is 0.444 e. The molecule has 0 unspecified atom stereocenters. The zero-order valence-electron chi connectivity index (χ0n) is 12.1. The zero-order valence-corrected chi connectivity index (χ0v) is 12.9. The van der Waals surface area contributed by atoms with E-state index in [9.17, 15) is 4.79 Å². The van der Waals surface area contributed by atoms with Crippen molar-refractivity contribution in [1.29, 1.82) is 0 Å². The molecule has 5 heteroatoms. The Hall–Kier alpha value is -1.88. The number of hydrogen-bond acceptors (Lipinski definition) is 4. The number of carbonyl (C=O) groups is 1. The maximum atomic E-state index is 11.9. The molecular weight excluding hydrogens is 272 g/mol. The highest BCUT2D eigenvalue weighted by Gasteiger charge is 2.19. The van der Waals surface area contributed by atoms with E-state index in [1.54, 1.807) is 11.3 Å². The van der Waals surface area contributed by atoms with Crippen molar-refractivity contribution in [3.05, 3.63) is 35.3 Å². The van der Waals surface area contributed by atoms with Crippen LogP contribution in [0.2, 0.25) is 0 Å². The second-order valence-corrected chi connectivity index (χ2v) is 6.61. The minimum Gasteiger partial charge on any atom is -0.444 e. The first-order valence-electron chi connectivity index (χ1n) is 6.38. The Morgan fingerprint density at radius 2 is 1.90 bits per heavy atom. The van der Waals surface area contributed by atoms with Crippen LogP contribution < -0.4 is 5.32 Å². The van der Waals surface area contributed by atoms with Gasteiger partial charge in [0.25, 0.3) is 0 Å². The summed E-state index contributed by atoms with van der Waals surface area (Å²) < 4.78 is 5.26. The molecule has 0 aliphatic carbocycles. The van der Waals surface area contributed by atoms with E-state index in [2.05, 4.69) is 10.3 Å². The summed E-state index contributed by atoms with van der Waals surface area (Å²) in [5, 5.41) is 3.62. The van der Waals surface area contributed by atoms with Crippen molar-refractivity contribution in [2.75, 3.05) is 5.32 Å². The van der Waals surface area contributed by atoms with Crippen LogP contribution in [0.5, 0.6) is 0 Å². The number of nitrogens with zero attached hydrogens (tertiary/aromatic N) is 1.